The first kappa shape index (κ1) is 15.1. The van der Waals surface area contributed by atoms with E-state index in [1.165, 1.54) is 6.08 Å². The first-order chi connectivity index (χ1) is 8.92. The van der Waals surface area contributed by atoms with Gasteiger partial charge in [0.2, 0.25) is 0 Å². The molecular formula is C13H15F2NO3. The van der Waals surface area contributed by atoms with Crippen LogP contribution in [0.25, 0.3) is 0 Å². The van der Waals surface area contributed by atoms with Crippen molar-refractivity contribution in [3.8, 4) is 0 Å². The lowest BCUT2D eigenvalue weighted by atomic mass is 9.99. The minimum Gasteiger partial charge on any atom is -0.465 e. The number of halogens is 2. The molecule has 1 aromatic rings. The summed E-state index contributed by atoms with van der Waals surface area (Å²) in [5, 5.41) is 20.6. The summed E-state index contributed by atoms with van der Waals surface area (Å²) in [6, 6.07) is 2.06. The Bertz CT molecular complexity index is 445. The van der Waals surface area contributed by atoms with Crippen molar-refractivity contribution in [3.63, 3.8) is 0 Å². The maximum absolute atomic E-state index is 13.0. The monoisotopic (exact) mass is 271 g/mol. The van der Waals surface area contributed by atoms with Crippen LogP contribution in [0.1, 0.15) is 12.0 Å². The van der Waals surface area contributed by atoms with Crippen LogP contribution in [-0.4, -0.2) is 28.5 Å². The van der Waals surface area contributed by atoms with Crippen molar-refractivity contribution >= 4 is 6.09 Å². The summed E-state index contributed by atoms with van der Waals surface area (Å²) in [4.78, 5) is 10.6. The second kappa shape index (κ2) is 6.84. The Kier molecular flexibility index (Phi) is 5.44. The number of benzene rings is 1. The molecule has 0 saturated heterocycles. The number of carboxylic acid groups (broad SMARTS) is 1. The lowest BCUT2D eigenvalue weighted by Crippen LogP contribution is -2.44. The Morgan fingerprint density at radius 3 is 2.42 bits per heavy atom. The lowest BCUT2D eigenvalue weighted by molar-refractivity contribution is 0.121. The second-order valence-electron chi connectivity index (χ2n) is 4.13. The number of hydrogen-bond donors (Lipinski definition) is 3. The van der Waals surface area contributed by atoms with Crippen LogP contribution in [0.4, 0.5) is 13.6 Å². The summed E-state index contributed by atoms with van der Waals surface area (Å²) < 4.78 is 26.1. The normalized spacial score (nSPS) is 13.6. The van der Waals surface area contributed by atoms with E-state index >= 15 is 0 Å². The van der Waals surface area contributed by atoms with Gasteiger partial charge in [-0.15, -0.1) is 6.58 Å². The summed E-state index contributed by atoms with van der Waals surface area (Å²) >= 11 is 0. The van der Waals surface area contributed by atoms with E-state index < -0.39 is 29.9 Å². The van der Waals surface area contributed by atoms with E-state index in [2.05, 4.69) is 11.9 Å². The first-order valence-electron chi connectivity index (χ1n) is 5.65. The molecule has 3 N–H and O–H groups in total. The Morgan fingerprint density at radius 1 is 1.37 bits per heavy atom. The highest BCUT2D eigenvalue weighted by molar-refractivity contribution is 5.65. The Hall–Kier alpha value is -1.95. The molecule has 1 aromatic carbocycles. The summed E-state index contributed by atoms with van der Waals surface area (Å²) in [5.41, 5.74) is 0.263. The van der Waals surface area contributed by atoms with Crippen molar-refractivity contribution in [1.29, 1.82) is 0 Å². The Balaban J connectivity index is 2.86. The molecule has 6 heteroatoms. The van der Waals surface area contributed by atoms with Crippen molar-refractivity contribution < 1.29 is 23.8 Å². The molecular weight excluding hydrogens is 256 g/mol. The maximum atomic E-state index is 13.0. The zero-order valence-electron chi connectivity index (χ0n) is 10.1. The van der Waals surface area contributed by atoms with E-state index in [4.69, 9.17) is 5.11 Å². The molecule has 0 aliphatic heterocycles. The molecule has 0 unspecified atom stereocenters. The molecule has 19 heavy (non-hydrogen) atoms. The molecule has 2 atom stereocenters. The molecule has 4 nitrogen and oxygen atoms in total. The standard InChI is InChI=1S/C13H15F2NO3/c1-2-3-12(17)11(16-13(18)19)6-8-4-9(14)7-10(15)5-8/h2,4-5,7,11-12,16-17H,1,3,6H2,(H,18,19)/t11-,12+/m0/s1. The smallest absolute Gasteiger partial charge is 0.404 e. The third kappa shape index (κ3) is 5.05. The molecule has 1 rings (SSSR count). The summed E-state index contributed by atoms with van der Waals surface area (Å²) in [7, 11) is 0. The molecule has 104 valence electrons. The topological polar surface area (TPSA) is 69.6 Å². The van der Waals surface area contributed by atoms with Crippen LogP contribution in [0.2, 0.25) is 0 Å². The van der Waals surface area contributed by atoms with Crippen LogP contribution in [0.15, 0.2) is 30.9 Å². The number of hydrogen-bond acceptors (Lipinski definition) is 2. The minimum atomic E-state index is -1.31. The molecule has 0 heterocycles. The fraction of sp³-hybridized carbons (Fsp3) is 0.308. The molecule has 0 radical (unpaired) electrons. The average molecular weight is 271 g/mol. The molecule has 0 aliphatic carbocycles. The van der Waals surface area contributed by atoms with Crippen molar-refractivity contribution in [2.24, 2.45) is 0 Å². The van der Waals surface area contributed by atoms with Crippen molar-refractivity contribution in [2.75, 3.05) is 0 Å². The maximum Gasteiger partial charge on any atom is 0.404 e. The number of rotatable bonds is 6. The minimum absolute atomic E-state index is 0.0179. The fourth-order valence-corrected chi connectivity index (χ4v) is 1.76. The van der Waals surface area contributed by atoms with Gasteiger partial charge in [-0.25, -0.2) is 13.6 Å². The highest BCUT2D eigenvalue weighted by atomic mass is 19.1. The van der Waals surface area contributed by atoms with Gasteiger partial charge in [-0.1, -0.05) is 6.08 Å². The van der Waals surface area contributed by atoms with Gasteiger partial charge in [0.15, 0.2) is 0 Å². The summed E-state index contributed by atoms with van der Waals surface area (Å²) in [5.74, 6) is -1.50. The molecule has 0 fully saturated rings. The number of nitrogens with one attached hydrogen (secondary N) is 1. The van der Waals surface area contributed by atoms with Crippen LogP contribution in [-0.2, 0) is 6.42 Å². The largest absolute Gasteiger partial charge is 0.465 e. The zero-order chi connectivity index (χ0) is 14.4. The van der Waals surface area contributed by atoms with E-state index in [-0.39, 0.29) is 18.4 Å². The number of aliphatic hydroxyl groups is 1. The third-order valence-corrected chi connectivity index (χ3v) is 2.56. The van der Waals surface area contributed by atoms with Gasteiger partial charge in [0, 0.05) is 6.07 Å². The predicted octanol–water partition coefficient (Wildman–Crippen LogP) is 2.08. The van der Waals surface area contributed by atoms with E-state index in [1.54, 1.807) is 0 Å². The third-order valence-electron chi connectivity index (χ3n) is 2.56. The molecule has 0 aromatic heterocycles. The average Bonchev–Trinajstić information content (AvgIpc) is 2.26. The summed E-state index contributed by atoms with van der Waals surface area (Å²) in [6.45, 7) is 3.44. The number of aliphatic hydroxyl groups excluding tert-OH is 1. The molecule has 0 bridgehead atoms. The van der Waals surface area contributed by atoms with Crippen LogP contribution in [0.3, 0.4) is 0 Å². The molecule has 0 aliphatic rings. The van der Waals surface area contributed by atoms with E-state index in [9.17, 15) is 18.7 Å². The van der Waals surface area contributed by atoms with Gasteiger partial charge >= 0.3 is 6.09 Å². The molecule has 0 spiro atoms. The predicted molar refractivity (Wildman–Crippen MR) is 65.8 cm³/mol. The van der Waals surface area contributed by atoms with Crippen LogP contribution >= 0.6 is 0 Å². The van der Waals surface area contributed by atoms with Crippen molar-refractivity contribution in [1.82, 2.24) is 5.32 Å². The van der Waals surface area contributed by atoms with Crippen LogP contribution in [0, 0.1) is 11.6 Å². The summed E-state index contributed by atoms with van der Waals surface area (Å²) in [6.07, 6.45) is -0.739. The molecule has 1 amide bonds. The fourth-order valence-electron chi connectivity index (χ4n) is 1.76. The second-order valence-corrected chi connectivity index (χ2v) is 4.13. The van der Waals surface area contributed by atoms with Gasteiger partial charge in [-0.2, -0.15) is 0 Å². The van der Waals surface area contributed by atoms with Crippen molar-refractivity contribution in [2.45, 2.75) is 25.0 Å². The van der Waals surface area contributed by atoms with Gasteiger partial charge in [-0.3, -0.25) is 0 Å². The lowest BCUT2D eigenvalue weighted by Gasteiger charge is -2.22. The van der Waals surface area contributed by atoms with E-state index in [1.807, 2.05) is 0 Å². The highest BCUT2D eigenvalue weighted by Gasteiger charge is 2.21. The van der Waals surface area contributed by atoms with Gasteiger partial charge < -0.3 is 15.5 Å². The number of carbonyl (C=O) groups is 1. The van der Waals surface area contributed by atoms with Gasteiger partial charge in [0.1, 0.15) is 11.6 Å². The SMILES string of the molecule is C=CC[C@@H](O)[C@H](Cc1cc(F)cc(F)c1)NC(=O)O. The van der Waals surface area contributed by atoms with Gasteiger partial charge in [0.25, 0.3) is 0 Å². The molecule has 0 saturated carbocycles. The van der Waals surface area contributed by atoms with E-state index in [0.29, 0.717) is 0 Å². The first-order valence-corrected chi connectivity index (χ1v) is 5.65. The highest BCUT2D eigenvalue weighted by Crippen LogP contribution is 2.13. The Morgan fingerprint density at radius 2 is 1.95 bits per heavy atom. The Labute approximate surface area is 109 Å². The van der Waals surface area contributed by atoms with Crippen molar-refractivity contribution in [3.05, 3.63) is 48.1 Å². The van der Waals surface area contributed by atoms with Gasteiger partial charge in [-0.05, 0) is 30.5 Å². The van der Waals surface area contributed by atoms with Gasteiger partial charge in [0.05, 0.1) is 12.1 Å². The van der Waals surface area contributed by atoms with Crippen LogP contribution in [0.5, 0.6) is 0 Å². The zero-order valence-corrected chi connectivity index (χ0v) is 10.1. The van der Waals surface area contributed by atoms with E-state index in [0.717, 1.165) is 18.2 Å². The number of amides is 1. The van der Waals surface area contributed by atoms with Crippen LogP contribution < -0.4 is 5.32 Å². The quantitative estimate of drug-likeness (QED) is 0.694.